The van der Waals surface area contributed by atoms with Gasteiger partial charge in [0.25, 0.3) is 0 Å². The summed E-state index contributed by atoms with van der Waals surface area (Å²) < 4.78 is 0. The minimum absolute atomic E-state index is 0.126. The number of hydrogen-bond donors (Lipinski definition) is 2. The topological polar surface area (TPSA) is 41.1 Å². The van der Waals surface area contributed by atoms with Crippen LogP contribution < -0.4 is 10.6 Å². The molecule has 0 spiro atoms. The van der Waals surface area contributed by atoms with Crippen molar-refractivity contribution in [1.82, 2.24) is 10.6 Å². The molecule has 1 amide bonds. The Morgan fingerprint density at radius 3 is 2.76 bits per heavy atom. The van der Waals surface area contributed by atoms with Crippen molar-refractivity contribution in [2.75, 3.05) is 6.54 Å². The van der Waals surface area contributed by atoms with E-state index in [0.29, 0.717) is 12.5 Å². The third-order valence-electron chi connectivity index (χ3n) is 2.48. The summed E-state index contributed by atoms with van der Waals surface area (Å²) in [5, 5.41) is 8.35. The molecule has 17 heavy (non-hydrogen) atoms. The van der Waals surface area contributed by atoms with E-state index in [1.165, 1.54) is 4.88 Å². The molecule has 0 bridgehead atoms. The first-order valence-corrected chi connectivity index (χ1v) is 7.03. The molecule has 1 rings (SSSR count). The quantitative estimate of drug-likeness (QED) is 0.735. The highest BCUT2D eigenvalue weighted by Crippen LogP contribution is 2.17. The minimum atomic E-state index is 0.126. The van der Waals surface area contributed by atoms with Crippen LogP contribution in [0.1, 0.15) is 44.5 Å². The molecule has 96 valence electrons. The van der Waals surface area contributed by atoms with Crippen LogP contribution in [0.3, 0.4) is 0 Å². The molecule has 1 atom stereocenters. The smallest absolute Gasteiger partial charge is 0.220 e. The van der Waals surface area contributed by atoms with Gasteiger partial charge in [-0.15, -0.1) is 11.3 Å². The highest BCUT2D eigenvalue weighted by atomic mass is 32.1. The first-order chi connectivity index (χ1) is 8.09. The lowest BCUT2D eigenvalue weighted by Crippen LogP contribution is -2.28. The summed E-state index contributed by atoms with van der Waals surface area (Å²) in [6.45, 7) is 7.15. The molecule has 0 fully saturated rings. The Morgan fingerprint density at radius 1 is 1.41 bits per heavy atom. The van der Waals surface area contributed by atoms with Crippen LogP contribution in [0, 0.1) is 0 Å². The lowest BCUT2D eigenvalue weighted by Gasteiger charge is -2.12. The maximum Gasteiger partial charge on any atom is 0.220 e. The van der Waals surface area contributed by atoms with E-state index < -0.39 is 0 Å². The van der Waals surface area contributed by atoms with Crippen molar-refractivity contribution in [3.63, 3.8) is 0 Å². The average molecular weight is 254 g/mol. The van der Waals surface area contributed by atoms with E-state index in [1.54, 1.807) is 11.3 Å². The fraction of sp³-hybridized carbons (Fsp3) is 0.615. The van der Waals surface area contributed by atoms with Crippen molar-refractivity contribution in [2.45, 2.75) is 45.7 Å². The molecule has 0 radical (unpaired) electrons. The number of rotatable bonds is 7. The lowest BCUT2D eigenvalue weighted by molar-refractivity contribution is -0.121. The van der Waals surface area contributed by atoms with Gasteiger partial charge in [0.1, 0.15) is 0 Å². The summed E-state index contributed by atoms with van der Waals surface area (Å²) in [5.41, 5.74) is 0. The molecule has 0 saturated carbocycles. The molecular formula is C13H22N2OS. The Labute approximate surface area is 108 Å². The second-order valence-corrected chi connectivity index (χ2v) is 5.50. The van der Waals surface area contributed by atoms with Crippen LogP contribution in [0.2, 0.25) is 0 Å². The van der Waals surface area contributed by atoms with Gasteiger partial charge in [0, 0.05) is 17.3 Å². The number of nitrogens with one attached hydrogen (secondary N) is 2. The van der Waals surface area contributed by atoms with Crippen LogP contribution in [0.4, 0.5) is 0 Å². The van der Waals surface area contributed by atoms with E-state index >= 15 is 0 Å². The zero-order valence-corrected chi connectivity index (χ0v) is 11.6. The fourth-order valence-corrected chi connectivity index (χ4v) is 2.30. The van der Waals surface area contributed by atoms with E-state index in [1.807, 2.05) is 18.4 Å². The van der Waals surface area contributed by atoms with Gasteiger partial charge in [-0.2, -0.15) is 0 Å². The van der Waals surface area contributed by atoms with E-state index in [-0.39, 0.29) is 11.9 Å². The largest absolute Gasteiger partial charge is 0.349 e. The van der Waals surface area contributed by atoms with Crippen molar-refractivity contribution in [1.29, 1.82) is 0 Å². The molecule has 4 heteroatoms. The van der Waals surface area contributed by atoms with Gasteiger partial charge in [0.15, 0.2) is 0 Å². The van der Waals surface area contributed by atoms with Crippen LogP contribution in [-0.2, 0) is 4.79 Å². The van der Waals surface area contributed by atoms with Gasteiger partial charge in [-0.1, -0.05) is 19.9 Å². The van der Waals surface area contributed by atoms with Gasteiger partial charge in [-0.05, 0) is 31.3 Å². The molecule has 0 aliphatic rings. The summed E-state index contributed by atoms with van der Waals surface area (Å²) in [6, 6.07) is 4.68. The van der Waals surface area contributed by atoms with Crippen LogP contribution in [0.25, 0.3) is 0 Å². The van der Waals surface area contributed by atoms with E-state index in [0.717, 1.165) is 13.0 Å². The molecule has 0 aliphatic carbocycles. The highest BCUT2D eigenvalue weighted by Gasteiger charge is 2.09. The van der Waals surface area contributed by atoms with E-state index in [4.69, 9.17) is 0 Å². The molecule has 1 heterocycles. The standard InChI is InChI=1S/C13H22N2OS/c1-10(2)14-8-4-7-13(16)15-11(3)12-6-5-9-17-12/h5-6,9-11,14H,4,7-8H2,1-3H3,(H,15,16). The summed E-state index contributed by atoms with van der Waals surface area (Å²) >= 11 is 1.68. The Bertz CT molecular complexity index is 322. The number of carbonyl (C=O) groups excluding carboxylic acids is 1. The maximum absolute atomic E-state index is 11.7. The van der Waals surface area contributed by atoms with Crippen LogP contribution in [-0.4, -0.2) is 18.5 Å². The van der Waals surface area contributed by atoms with E-state index in [2.05, 4.69) is 30.5 Å². The molecule has 0 aromatic carbocycles. The second kappa shape index (κ2) is 7.45. The van der Waals surface area contributed by atoms with Crippen molar-refractivity contribution in [3.05, 3.63) is 22.4 Å². The Balaban J connectivity index is 2.17. The first kappa shape index (κ1) is 14.2. The van der Waals surface area contributed by atoms with E-state index in [9.17, 15) is 4.79 Å². The third-order valence-corrected chi connectivity index (χ3v) is 3.54. The molecule has 1 aromatic rings. The van der Waals surface area contributed by atoms with Gasteiger partial charge in [-0.25, -0.2) is 0 Å². The Hall–Kier alpha value is -0.870. The average Bonchev–Trinajstić information content (AvgIpc) is 2.77. The van der Waals surface area contributed by atoms with Crippen molar-refractivity contribution < 1.29 is 4.79 Å². The molecule has 1 aromatic heterocycles. The van der Waals surface area contributed by atoms with Gasteiger partial charge in [-0.3, -0.25) is 4.79 Å². The number of amides is 1. The zero-order chi connectivity index (χ0) is 12.7. The number of thiophene rings is 1. The first-order valence-electron chi connectivity index (χ1n) is 6.15. The number of carbonyl (C=O) groups is 1. The predicted octanol–water partition coefficient (Wildman–Crippen LogP) is 2.70. The lowest BCUT2D eigenvalue weighted by atomic mass is 10.2. The predicted molar refractivity (Wildman–Crippen MR) is 73.2 cm³/mol. The maximum atomic E-state index is 11.7. The summed E-state index contributed by atoms with van der Waals surface area (Å²) in [5.74, 6) is 0.136. The SMILES string of the molecule is CC(C)NCCCC(=O)NC(C)c1cccs1. The molecule has 0 saturated heterocycles. The van der Waals surface area contributed by atoms with Gasteiger partial charge in [0.05, 0.1) is 6.04 Å². The van der Waals surface area contributed by atoms with Crippen LogP contribution >= 0.6 is 11.3 Å². The van der Waals surface area contributed by atoms with Gasteiger partial charge < -0.3 is 10.6 Å². The monoisotopic (exact) mass is 254 g/mol. The highest BCUT2D eigenvalue weighted by molar-refractivity contribution is 7.10. The van der Waals surface area contributed by atoms with Gasteiger partial charge >= 0.3 is 0 Å². The molecule has 0 aliphatic heterocycles. The van der Waals surface area contributed by atoms with Crippen molar-refractivity contribution in [2.24, 2.45) is 0 Å². The zero-order valence-electron chi connectivity index (χ0n) is 10.8. The van der Waals surface area contributed by atoms with Crippen molar-refractivity contribution in [3.8, 4) is 0 Å². The summed E-state index contributed by atoms with van der Waals surface area (Å²) in [4.78, 5) is 12.9. The van der Waals surface area contributed by atoms with Gasteiger partial charge in [0.2, 0.25) is 5.91 Å². The number of hydrogen-bond acceptors (Lipinski definition) is 3. The second-order valence-electron chi connectivity index (χ2n) is 4.52. The molecule has 2 N–H and O–H groups in total. The summed E-state index contributed by atoms with van der Waals surface area (Å²) in [7, 11) is 0. The fourth-order valence-electron chi connectivity index (χ4n) is 1.56. The molecular weight excluding hydrogens is 232 g/mol. The minimum Gasteiger partial charge on any atom is -0.349 e. The summed E-state index contributed by atoms with van der Waals surface area (Å²) in [6.07, 6.45) is 1.48. The molecule has 1 unspecified atom stereocenters. The molecule has 3 nitrogen and oxygen atoms in total. The Kier molecular flexibility index (Phi) is 6.22. The van der Waals surface area contributed by atoms with Crippen molar-refractivity contribution >= 4 is 17.2 Å². The Morgan fingerprint density at radius 2 is 2.18 bits per heavy atom. The normalized spacial score (nSPS) is 12.7. The van der Waals surface area contributed by atoms with Crippen LogP contribution in [0.15, 0.2) is 17.5 Å². The van der Waals surface area contributed by atoms with Crippen LogP contribution in [0.5, 0.6) is 0 Å². The third kappa shape index (κ3) is 5.84.